The lowest BCUT2D eigenvalue weighted by molar-refractivity contribution is 0.173. The molecule has 0 unspecified atom stereocenters. The predicted octanol–water partition coefficient (Wildman–Crippen LogP) is 1.79. The quantitative estimate of drug-likeness (QED) is 0.364. The van der Waals surface area contributed by atoms with E-state index in [0.29, 0.717) is 29.4 Å². The summed E-state index contributed by atoms with van der Waals surface area (Å²) in [6.07, 6.45) is 2.89. The molecule has 0 spiro atoms. The van der Waals surface area contributed by atoms with Gasteiger partial charge in [0.25, 0.3) is 0 Å². The molecule has 0 fully saturated rings. The summed E-state index contributed by atoms with van der Waals surface area (Å²) in [5.74, 6) is 1.70. The Hall–Kier alpha value is -2.17. The van der Waals surface area contributed by atoms with Crippen molar-refractivity contribution < 1.29 is 19.4 Å². The molecule has 1 N–H and O–H groups in total. The highest BCUT2D eigenvalue weighted by atomic mass is 16.7. The molecular formula is C11H11NO4. The van der Waals surface area contributed by atoms with Crippen molar-refractivity contribution in [3.05, 3.63) is 30.4 Å². The molecule has 16 heavy (non-hydrogen) atoms. The second-order valence-corrected chi connectivity index (χ2v) is 3.06. The van der Waals surface area contributed by atoms with Crippen LogP contribution in [0.2, 0.25) is 0 Å². The van der Waals surface area contributed by atoms with Gasteiger partial charge in [0, 0.05) is 0 Å². The molecule has 0 aromatic heterocycles. The van der Waals surface area contributed by atoms with Crippen molar-refractivity contribution in [2.45, 2.75) is 0 Å². The van der Waals surface area contributed by atoms with Gasteiger partial charge in [0.05, 0.1) is 11.8 Å². The van der Waals surface area contributed by atoms with Crippen LogP contribution < -0.4 is 14.2 Å². The molecule has 1 aliphatic rings. The smallest absolute Gasteiger partial charge is 0.231 e. The zero-order valence-electron chi connectivity index (χ0n) is 8.55. The summed E-state index contributed by atoms with van der Waals surface area (Å²) >= 11 is 0. The van der Waals surface area contributed by atoms with Crippen molar-refractivity contribution in [2.75, 3.05) is 13.4 Å². The average Bonchev–Trinajstić information content (AvgIpc) is 2.76. The van der Waals surface area contributed by atoms with Gasteiger partial charge in [-0.25, -0.2) is 0 Å². The molecule has 0 bridgehead atoms. The van der Waals surface area contributed by atoms with Crippen LogP contribution in [-0.2, 0) is 0 Å². The van der Waals surface area contributed by atoms with Gasteiger partial charge >= 0.3 is 0 Å². The van der Waals surface area contributed by atoms with Crippen LogP contribution in [0.3, 0.4) is 0 Å². The van der Waals surface area contributed by atoms with Gasteiger partial charge in [-0.1, -0.05) is 17.8 Å². The number of benzene rings is 1. The lowest BCUT2D eigenvalue weighted by Crippen LogP contribution is -1.99. The minimum atomic E-state index is 0.159. The van der Waals surface area contributed by atoms with Gasteiger partial charge in [-0.3, -0.25) is 0 Å². The minimum absolute atomic E-state index is 0.159. The zero-order chi connectivity index (χ0) is 11.4. The van der Waals surface area contributed by atoms with E-state index in [9.17, 15) is 0 Å². The third-order valence-electron chi connectivity index (χ3n) is 2.08. The zero-order valence-corrected chi connectivity index (χ0v) is 8.55. The number of hydrogen-bond acceptors (Lipinski definition) is 5. The first-order valence-electron chi connectivity index (χ1n) is 4.70. The highest BCUT2D eigenvalue weighted by Crippen LogP contribution is 2.39. The van der Waals surface area contributed by atoms with Crippen molar-refractivity contribution in [2.24, 2.45) is 5.16 Å². The Morgan fingerprint density at radius 1 is 1.50 bits per heavy atom. The van der Waals surface area contributed by atoms with Crippen LogP contribution in [-0.4, -0.2) is 24.8 Å². The third-order valence-corrected chi connectivity index (χ3v) is 2.08. The molecule has 1 aromatic rings. The summed E-state index contributed by atoms with van der Waals surface area (Å²) in [4.78, 5) is 0. The molecule has 1 heterocycles. The van der Waals surface area contributed by atoms with E-state index >= 15 is 0 Å². The second-order valence-electron chi connectivity index (χ2n) is 3.06. The van der Waals surface area contributed by atoms with E-state index in [1.165, 1.54) is 6.21 Å². The normalized spacial score (nSPS) is 13.0. The van der Waals surface area contributed by atoms with E-state index in [-0.39, 0.29) is 6.79 Å². The maximum Gasteiger partial charge on any atom is 0.231 e. The Balaban J connectivity index is 2.40. The third kappa shape index (κ3) is 1.79. The highest BCUT2D eigenvalue weighted by Gasteiger charge is 2.20. The number of fused-ring (bicyclic) bond motifs is 1. The number of ether oxygens (including phenoxy) is 3. The highest BCUT2D eigenvalue weighted by molar-refractivity contribution is 5.88. The number of nitrogens with zero attached hydrogens (tertiary/aromatic N) is 1. The Bertz CT molecular complexity index is 428. The number of oxime groups is 1. The molecule has 0 radical (unpaired) electrons. The van der Waals surface area contributed by atoms with Crippen LogP contribution in [0.25, 0.3) is 0 Å². The summed E-state index contributed by atoms with van der Waals surface area (Å²) in [7, 11) is 0. The Labute approximate surface area is 92.5 Å². The summed E-state index contributed by atoms with van der Waals surface area (Å²) in [5.41, 5.74) is 0.555. The van der Waals surface area contributed by atoms with E-state index < -0.39 is 0 Å². The van der Waals surface area contributed by atoms with Crippen molar-refractivity contribution in [1.82, 2.24) is 0 Å². The van der Waals surface area contributed by atoms with Crippen LogP contribution in [0, 0.1) is 0 Å². The van der Waals surface area contributed by atoms with Crippen molar-refractivity contribution in [3.63, 3.8) is 0 Å². The van der Waals surface area contributed by atoms with Gasteiger partial charge < -0.3 is 19.4 Å². The van der Waals surface area contributed by atoms with E-state index in [2.05, 4.69) is 11.7 Å². The van der Waals surface area contributed by atoms with Crippen molar-refractivity contribution in [3.8, 4) is 17.2 Å². The molecule has 1 aliphatic heterocycles. The van der Waals surface area contributed by atoms with Crippen LogP contribution in [0.15, 0.2) is 29.9 Å². The standard InChI is InChI=1S/C11H11NO4/c1-2-5-14-9-3-4-10-11(16-7-15-10)8(9)6-12-13/h2-4,6,13H,1,5,7H2/b12-6-. The SMILES string of the molecule is C=CCOc1ccc2c(c1/C=N\O)OCO2. The Kier molecular flexibility index (Phi) is 2.95. The molecule has 5 nitrogen and oxygen atoms in total. The molecule has 1 aromatic carbocycles. The summed E-state index contributed by atoms with van der Waals surface area (Å²) < 4.78 is 15.9. The maximum atomic E-state index is 8.60. The molecule has 0 amide bonds. The summed E-state index contributed by atoms with van der Waals surface area (Å²) in [6, 6.07) is 3.48. The van der Waals surface area contributed by atoms with E-state index in [1.54, 1.807) is 18.2 Å². The lowest BCUT2D eigenvalue weighted by Gasteiger charge is -2.08. The average molecular weight is 221 g/mol. The van der Waals surface area contributed by atoms with Crippen LogP contribution in [0.1, 0.15) is 5.56 Å². The summed E-state index contributed by atoms with van der Waals surface area (Å²) in [6.45, 7) is 4.09. The second kappa shape index (κ2) is 4.57. The molecule has 84 valence electrons. The van der Waals surface area contributed by atoms with Crippen molar-refractivity contribution in [1.29, 1.82) is 0 Å². The van der Waals surface area contributed by atoms with Gasteiger partial charge in [0.1, 0.15) is 12.4 Å². The van der Waals surface area contributed by atoms with Gasteiger partial charge in [-0.2, -0.15) is 0 Å². The summed E-state index contributed by atoms with van der Waals surface area (Å²) in [5, 5.41) is 11.6. The minimum Gasteiger partial charge on any atom is -0.489 e. The fourth-order valence-corrected chi connectivity index (χ4v) is 1.43. The molecule has 0 saturated heterocycles. The maximum absolute atomic E-state index is 8.60. The number of hydrogen-bond donors (Lipinski definition) is 1. The van der Waals surface area contributed by atoms with E-state index in [0.717, 1.165) is 0 Å². The molecule has 0 aliphatic carbocycles. The Morgan fingerprint density at radius 2 is 2.38 bits per heavy atom. The molecule has 0 saturated carbocycles. The monoisotopic (exact) mass is 221 g/mol. The largest absolute Gasteiger partial charge is 0.489 e. The topological polar surface area (TPSA) is 60.3 Å². The van der Waals surface area contributed by atoms with Gasteiger partial charge in [0.15, 0.2) is 11.5 Å². The molecule has 2 rings (SSSR count). The van der Waals surface area contributed by atoms with Crippen LogP contribution in [0.5, 0.6) is 17.2 Å². The number of rotatable bonds is 4. The lowest BCUT2D eigenvalue weighted by atomic mass is 10.2. The van der Waals surface area contributed by atoms with E-state index in [4.69, 9.17) is 19.4 Å². The molecule has 0 atom stereocenters. The fraction of sp³-hybridized carbons (Fsp3) is 0.182. The first kappa shape index (κ1) is 10.4. The van der Waals surface area contributed by atoms with E-state index in [1.807, 2.05) is 0 Å². The fourth-order valence-electron chi connectivity index (χ4n) is 1.43. The first-order valence-corrected chi connectivity index (χ1v) is 4.70. The van der Waals surface area contributed by atoms with Gasteiger partial charge in [-0.15, -0.1) is 0 Å². The molecule has 5 heteroatoms. The first-order chi connectivity index (χ1) is 7.86. The van der Waals surface area contributed by atoms with Gasteiger partial charge in [0.2, 0.25) is 6.79 Å². The Morgan fingerprint density at radius 3 is 3.12 bits per heavy atom. The predicted molar refractivity (Wildman–Crippen MR) is 57.6 cm³/mol. The van der Waals surface area contributed by atoms with Gasteiger partial charge in [-0.05, 0) is 12.1 Å². The van der Waals surface area contributed by atoms with Crippen LogP contribution in [0.4, 0.5) is 0 Å². The van der Waals surface area contributed by atoms with Crippen molar-refractivity contribution >= 4 is 6.21 Å². The molecular weight excluding hydrogens is 210 g/mol. The van der Waals surface area contributed by atoms with Crippen LogP contribution >= 0.6 is 0 Å².